The third-order valence-corrected chi connectivity index (χ3v) is 6.11. The van der Waals surface area contributed by atoms with E-state index in [9.17, 15) is 8.42 Å². The Balaban J connectivity index is 2.11. The van der Waals surface area contributed by atoms with Crippen LogP contribution in [0.4, 0.5) is 5.69 Å². The van der Waals surface area contributed by atoms with Crippen LogP contribution in [0.15, 0.2) is 35.4 Å². The van der Waals surface area contributed by atoms with E-state index >= 15 is 0 Å². The molecule has 0 amide bonds. The second-order valence-electron chi connectivity index (χ2n) is 6.14. The summed E-state index contributed by atoms with van der Waals surface area (Å²) in [6.07, 6.45) is 2.38. The number of hydrogen-bond donors (Lipinski definition) is 0. The van der Waals surface area contributed by atoms with E-state index in [1.165, 1.54) is 4.31 Å². The molecule has 5 nitrogen and oxygen atoms in total. The first kappa shape index (κ1) is 15.1. The van der Waals surface area contributed by atoms with Gasteiger partial charge in [0.15, 0.2) is 0 Å². The zero-order valence-electron chi connectivity index (χ0n) is 13.3. The van der Waals surface area contributed by atoms with Crippen LogP contribution < -0.4 is 4.31 Å². The summed E-state index contributed by atoms with van der Waals surface area (Å²) in [7, 11) is -3.59. The summed E-state index contributed by atoms with van der Waals surface area (Å²) in [5.74, 6) is 0. The van der Waals surface area contributed by atoms with Crippen molar-refractivity contribution >= 4 is 15.7 Å². The minimum absolute atomic E-state index is 0.0794. The molecule has 0 N–H and O–H groups in total. The van der Waals surface area contributed by atoms with Crippen molar-refractivity contribution in [3.8, 4) is 0 Å². The smallest absolute Gasteiger partial charge is 0.267 e. The maximum Gasteiger partial charge on any atom is 0.267 e. The Hall–Kier alpha value is -1.82. The van der Waals surface area contributed by atoms with E-state index in [4.69, 9.17) is 0 Å². The number of para-hydroxylation sites is 1. The SMILES string of the molecule is Cc1nn(C(C)C)cc1S(=O)(=O)N1c2ccccc2CC1C. The van der Waals surface area contributed by atoms with E-state index in [1.54, 1.807) is 17.8 Å². The number of aromatic nitrogens is 2. The van der Waals surface area contributed by atoms with Crippen molar-refractivity contribution in [1.29, 1.82) is 0 Å². The zero-order valence-corrected chi connectivity index (χ0v) is 14.1. The Kier molecular flexibility index (Phi) is 3.51. The van der Waals surface area contributed by atoms with Crippen molar-refractivity contribution in [1.82, 2.24) is 9.78 Å². The number of fused-ring (bicyclic) bond motifs is 1. The standard InChI is InChI=1S/C16H21N3O2S/c1-11(2)18-10-16(13(4)17-18)22(20,21)19-12(3)9-14-7-5-6-8-15(14)19/h5-8,10-12H,9H2,1-4H3. The Labute approximate surface area is 131 Å². The molecule has 1 atom stereocenters. The molecule has 3 rings (SSSR count). The summed E-state index contributed by atoms with van der Waals surface area (Å²) in [6, 6.07) is 7.74. The van der Waals surface area contributed by atoms with Gasteiger partial charge < -0.3 is 0 Å². The number of anilines is 1. The minimum Gasteiger partial charge on any atom is -0.269 e. The topological polar surface area (TPSA) is 55.2 Å². The Bertz CT molecular complexity index is 809. The summed E-state index contributed by atoms with van der Waals surface area (Å²) >= 11 is 0. The Morgan fingerprint density at radius 1 is 1.27 bits per heavy atom. The van der Waals surface area contributed by atoms with Gasteiger partial charge in [-0.15, -0.1) is 0 Å². The highest BCUT2D eigenvalue weighted by Gasteiger charge is 2.37. The summed E-state index contributed by atoms with van der Waals surface area (Å²) in [5.41, 5.74) is 2.41. The van der Waals surface area contributed by atoms with Crippen LogP contribution in [0.1, 0.15) is 38.1 Å². The van der Waals surface area contributed by atoms with E-state index < -0.39 is 10.0 Å². The molecule has 2 heterocycles. The lowest BCUT2D eigenvalue weighted by atomic mass is 10.1. The molecule has 0 aliphatic carbocycles. The third-order valence-electron chi connectivity index (χ3n) is 4.08. The molecule has 0 fully saturated rings. The quantitative estimate of drug-likeness (QED) is 0.874. The Morgan fingerprint density at radius 2 is 1.95 bits per heavy atom. The molecule has 0 saturated carbocycles. The van der Waals surface area contributed by atoms with Gasteiger partial charge in [0.05, 0.1) is 11.4 Å². The molecule has 6 heteroatoms. The fraction of sp³-hybridized carbons (Fsp3) is 0.438. The van der Waals surface area contributed by atoms with Crippen molar-refractivity contribution in [2.75, 3.05) is 4.31 Å². The third kappa shape index (κ3) is 2.22. The number of rotatable bonds is 3. The molecule has 0 spiro atoms. The van der Waals surface area contributed by atoms with Gasteiger partial charge in [-0.25, -0.2) is 8.42 Å². The molecular formula is C16H21N3O2S. The number of sulfonamides is 1. The van der Waals surface area contributed by atoms with Crippen molar-refractivity contribution in [2.24, 2.45) is 0 Å². The van der Waals surface area contributed by atoms with Crippen LogP contribution in [0.25, 0.3) is 0 Å². The van der Waals surface area contributed by atoms with Gasteiger partial charge in [0, 0.05) is 18.3 Å². The van der Waals surface area contributed by atoms with Gasteiger partial charge >= 0.3 is 0 Å². The fourth-order valence-electron chi connectivity index (χ4n) is 2.99. The predicted octanol–water partition coefficient (Wildman–Crippen LogP) is 2.91. The van der Waals surface area contributed by atoms with Gasteiger partial charge in [-0.05, 0) is 45.7 Å². The van der Waals surface area contributed by atoms with Gasteiger partial charge in [-0.2, -0.15) is 5.10 Å². The second-order valence-corrected chi connectivity index (χ2v) is 7.92. The highest BCUT2D eigenvalue weighted by Crippen LogP contribution is 2.37. The molecule has 1 aromatic carbocycles. The van der Waals surface area contributed by atoms with E-state index in [0.29, 0.717) is 10.6 Å². The maximum absolute atomic E-state index is 13.1. The largest absolute Gasteiger partial charge is 0.269 e. The van der Waals surface area contributed by atoms with Gasteiger partial charge in [0.1, 0.15) is 4.90 Å². The Morgan fingerprint density at radius 3 is 2.59 bits per heavy atom. The van der Waals surface area contributed by atoms with Gasteiger partial charge in [-0.1, -0.05) is 18.2 Å². The average Bonchev–Trinajstić information content (AvgIpc) is 2.98. The number of benzene rings is 1. The fourth-order valence-corrected chi connectivity index (χ4v) is 4.84. The zero-order chi connectivity index (χ0) is 16.1. The summed E-state index contributed by atoms with van der Waals surface area (Å²) in [4.78, 5) is 0.296. The van der Waals surface area contributed by atoms with Gasteiger partial charge in [0.25, 0.3) is 10.0 Å². The molecule has 0 saturated heterocycles. The van der Waals surface area contributed by atoms with Crippen molar-refractivity contribution in [2.45, 2.75) is 51.1 Å². The monoisotopic (exact) mass is 319 g/mol. The van der Waals surface area contributed by atoms with E-state index in [2.05, 4.69) is 5.10 Å². The van der Waals surface area contributed by atoms with E-state index in [-0.39, 0.29) is 12.1 Å². The minimum atomic E-state index is -3.59. The van der Waals surface area contributed by atoms with Crippen LogP contribution in [0.3, 0.4) is 0 Å². The molecule has 1 aromatic heterocycles. The molecule has 1 aliphatic rings. The lowest BCUT2D eigenvalue weighted by Crippen LogP contribution is -2.35. The van der Waals surface area contributed by atoms with Gasteiger partial charge in [-0.3, -0.25) is 8.99 Å². The van der Waals surface area contributed by atoms with Crippen LogP contribution in [0.2, 0.25) is 0 Å². The van der Waals surface area contributed by atoms with E-state index in [1.807, 2.05) is 45.0 Å². The number of nitrogens with zero attached hydrogens (tertiary/aromatic N) is 3. The average molecular weight is 319 g/mol. The van der Waals surface area contributed by atoms with Crippen molar-refractivity contribution in [3.05, 3.63) is 41.7 Å². The predicted molar refractivity (Wildman–Crippen MR) is 86.6 cm³/mol. The van der Waals surface area contributed by atoms with E-state index in [0.717, 1.165) is 17.7 Å². The summed E-state index contributed by atoms with van der Waals surface area (Å²) in [5, 5.41) is 4.34. The van der Waals surface area contributed by atoms with Crippen LogP contribution >= 0.6 is 0 Å². The van der Waals surface area contributed by atoms with Gasteiger partial charge in [0.2, 0.25) is 0 Å². The molecule has 1 unspecified atom stereocenters. The highest BCUT2D eigenvalue weighted by molar-refractivity contribution is 7.93. The van der Waals surface area contributed by atoms with Crippen molar-refractivity contribution in [3.63, 3.8) is 0 Å². The van der Waals surface area contributed by atoms with Crippen LogP contribution in [0.5, 0.6) is 0 Å². The first-order valence-corrected chi connectivity index (χ1v) is 8.94. The normalized spacial score (nSPS) is 18.0. The summed E-state index contributed by atoms with van der Waals surface area (Å²) < 4.78 is 29.5. The number of hydrogen-bond acceptors (Lipinski definition) is 3. The van der Waals surface area contributed by atoms with Crippen LogP contribution in [-0.4, -0.2) is 24.2 Å². The van der Waals surface area contributed by atoms with Crippen LogP contribution in [-0.2, 0) is 16.4 Å². The molecule has 0 radical (unpaired) electrons. The summed E-state index contributed by atoms with van der Waals surface area (Å²) in [6.45, 7) is 7.66. The lowest BCUT2D eigenvalue weighted by Gasteiger charge is -2.24. The number of aryl methyl sites for hydroxylation is 1. The molecular weight excluding hydrogens is 298 g/mol. The maximum atomic E-state index is 13.1. The first-order valence-electron chi connectivity index (χ1n) is 7.50. The molecule has 118 valence electrons. The second kappa shape index (κ2) is 5.12. The molecule has 1 aliphatic heterocycles. The molecule has 22 heavy (non-hydrogen) atoms. The first-order chi connectivity index (χ1) is 10.3. The molecule has 2 aromatic rings. The highest BCUT2D eigenvalue weighted by atomic mass is 32.2. The molecule has 0 bridgehead atoms. The van der Waals surface area contributed by atoms with Crippen LogP contribution in [0, 0.1) is 6.92 Å². The lowest BCUT2D eigenvalue weighted by molar-refractivity contribution is 0.528. The van der Waals surface area contributed by atoms with Crippen molar-refractivity contribution < 1.29 is 8.42 Å².